The van der Waals surface area contributed by atoms with Crippen molar-refractivity contribution in [3.63, 3.8) is 0 Å². The van der Waals surface area contributed by atoms with E-state index >= 15 is 0 Å². The summed E-state index contributed by atoms with van der Waals surface area (Å²) in [6, 6.07) is 15.4. The van der Waals surface area contributed by atoms with Crippen LogP contribution in [0.5, 0.6) is 0 Å². The molecule has 0 saturated heterocycles. The van der Waals surface area contributed by atoms with E-state index in [0.717, 1.165) is 16.5 Å². The van der Waals surface area contributed by atoms with Crippen molar-refractivity contribution >= 4 is 22.6 Å². The summed E-state index contributed by atoms with van der Waals surface area (Å²) in [5.74, 6) is 0.573. The molecule has 0 aliphatic rings. The summed E-state index contributed by atoms with van der Waals surface area (Å²) in [5.41, 5.74) is 3.02. The standard InChI is InChI=1S/C17H15ClO2/c1-11-3-2-4-12(7-11)8-15(19)17-10-13-9-14(18)5-6-16(13)20-17/h2-7,9-10,15,19H,8H2,1H3. The monoisotopic (exact) mass is 286 g/mol. The number of rotatable bonds is 3. The van der Waals surface area contributed by atoms with E-state index in [1.54, 1.807) is 6.07 Å². The first-order chi connectivity index (χ1) is 9.61. The Kier molecular flexibility index (Phi) is 3.51. The van der Waals surface area contributed by atoms with Crippen LogP contribution in [0.15, 0.2) is 52.9 Å². The van der Waals surface area contributed by atoms with Gasteiger partial charge in [-0.25, -0.2) is 0 Å². The highest BCUT2D eigenvalue weighted by Crippen LogP contribution is 2.28. The molecule has 0 radical (unpaired) electrons. The Labute approximate surface area is 122 Å². The van der Waals surface area contributed by atoms with Crippen LogP contribution in [-0.2, 0) is 6.42 Å². The Morgan fingerprint density at radius 3 is 2.80 bits per heavy atom. The zero-order valence-electron chi connectivity index (χ0n) is 11.1. The molecule has 3 rings (SSSR count). The molecule has 1 N–H and O–H groups in total. The van der Waals surface area contributed by atoms with Gasteiger partial charge in [0.2, 0.25) is 0 Å². The molecule has 20 heavy (non-hydrogen) atoms. The van der Waals surface area contributed by atoms with Gasteiger partial charge < -0.3 is 9.52 Å². The molecule has 0 amide bonds. The number of aliphatic hydroxyl groups is 1. The molecular formula is C17H15ClO2. The van der Waals surface area contributed by atoms with Crippen molar-refractivity contribution in [2.24, 2.45) is 0 Å². The smallest absolute Gasteiger partial charge is 0.134 e. The molecule has 0 saturated carbocycles. The second kappa shape index (κ2) is 5.31. The van der Waals surface area contributed by atoms with Gasteiger partial charge in [0.1, 0.15) is 17.4 Å². The van der Waals surface area contributed by atoms with Crippen molar-refractivity contribution in [3.8, 4) is 0 Å². The zero-order valence-corrected chi connectivity index (χ0v) is 11.9. The Morgan fingerprint density at radius 2 is 2.00 bits per heavy atom. The maximum absolute atomic E-state index is 10.3. The predicted octanol–water partition coefficient (Wildman–Crippen LogP) is 4.67. The number of benzene rings is 2. The van der Waals surface area contributed by atoms with Crippen molar-refractivity contribution in [2.45, 2.75) is 19.4 Å². The van der Waals surface area contributed by atoms with Gasteiger partial charge in [0, 0.05) is 16.8 Å². The molecule has 1 atom stereocenters. The summed E-state index contributed by atoms with van der Waals surface area (Å²) in [4.78, 5) is 0. The molecule has 3 heteroatoms. The first-order valence-electron chi connectivity index (χ1n) is 6.54. The number of hydrogen-bond donors (Lipinski definition) is 1. The van der Waals surface area contributed by atoms with E-state index in [9.17, 15) is 5.11 Å². The maximum atomic E-state index is 10.3. The maximum Gasteiger partial charge on any atom is 0.134 e. The molecule has 3 aromatic rings. The van der Waals surface area contributed by atoms with E-state index in [2.05, 4.69) is 6.07 Å². The fourth-order valence-electron chi connectivity index (χ4n) is 2.36. The van der Waals surface area contributed by atoms with Gasteiger partial charge in [0.05, 0.1) is 0 Å². The van der Waals surface area contributed by atoms with Gasteiger partial charge in [-0.1, -0.05) is 41.4 Å². The van der Waals surface area contributed by atoms with Gasteiger partial charge in [-0.15, -0.1) is 0 Å². The van der Waals surface area contributed by atoms with Crippen LogP contribution in [0.4, 0.5) is 0 Å². The largest absolute Gasteiger partial charge is 0.458 e. The lowest BCUT2D eigenvalue weighted by molar-refractivity contribution is 0.152. The van der Waals surface area contributed by atoms with Crippen LogP contribution in [0.2, 0.25) is 5.02 Å². The molecule has 1 unspecified atom stereocenters. The number of aryl methyl sites for hydroxylation is 1. The molecule has 0 bridgehead atoms. The second-order valence-electron chi connectivity index (χ2n) is 5.04. The summed E-state index contributed by atoms with van der Waals surface area (Å²) in [6.07, 6.45) is -0.113. The first kappa shape index (κ1) is 13.2. The number of furan rings is 1. The third-order valence-electron chi connectivity index (χ3n) is 3.34. The van der Waals surface area contributed by atoms with Gasteiger partial charge >= 0.3 is 0 Å². The minimum atomic E-state index is -0.650. The fraction of sp³-hybridized carbons (Fsp3) is 0.176. The second-order valence-corrected chi connectivity index (χ2v) is 5.48. The highest BCUT2D eigenvalue weighted by atomic mass is 35.5. The molecule has 2 aromatic carbocycles. The van der Waals surface area contributed by atoms with E-state index in [1.807, 2.05) is 43.3 Å². The van der Waals surface area contributed by atoms with Gasteiger partial charge in [-0.2, -0.15) is 0 Å². The number of fused-ring (bicyclic) bond motifs is 1. The van der Waals surface area contributed by atoms with E-state index in [4.69, 9.17) is 16.0 Å². The topological polar surface area (TPSA) is 33.4 Å². The van der Waals surface area contributed by atoms with Gasteiger partial charge in [0.25, 0.3) is 0 Å². The molecule has 102 valence electrons. The van der Waals surface area contributed by atoms with Gasteiger partial charge in [-0.05, 0) is 36.8 Å². The highest BCUT2D eigenvalue weighted by molar-refractivity contribution is 6.31. The third kappa shape index (κ3) is 2.72. The van der Waals surface area contributed by atoms with Crippen LogP contribution >= 0.6 is 11.6 Å². The van der Waals surface area contributed by atoms with Gasteiger partial charge in [-0.3, -0.25) is 0 Å². The molecule has 1 aromatic heterocycles. The average molecular weight is 287 g/mol. The fourth-order valence-corrected chi connectivity index (χ4v) is 2.54. The van der Waals surface area contributed by atoms with Crippen LogP contribution in [0.3, 0.4) is 0 Å². The first-order valence-corrected chi connectivity index (χ1v) is 6.92. The van der Waals surface area contributed by atoms with Crippen molar-refractivity contribution in [2.75, 3.05) is 0 Å². The van der Waals surface area contributed by atoms with Crippen LogP contribution < -0.4 is 0 Å². The average Bonchev–Trinajstić information content (AvgIpc) is 2.81. The van der Waals surface area contributed by atoms with Crippen molar-refractivity contribution < 1.29 is 9.52 Å². The number of hydrogen-bond acceptors (Lipinski definition) is 2. The van der Waals surface area contributed by atoms with Crippen molar-refractivity contribution in [1.82, 2.24) is 0 Å². The summed E-state index contributed by atoms with van der Waals surface area (Å²) >= 11 is 5.95. The van der Waals surface area contributed by atoms with Crippen LogP contribution in [-0.4, -0.2) is 5.11 Å². The van der Waals surface area contributed by atoms with E-state index in [-0.39, 0.29) is 0 Å². The quantitative estimate of drug-likeness (QED) is 0.759. The Balaban J connectivity index is 1.86. The van der Waals surface area contributed by atoms with Crippen LogP contribution in [0, 0.1) is 6.92 Å². The van der Waals surface area contributed by atoms with E-state index < -0.39 is 6.10 Å². The SMILES string of the molecule is Cc1cccc(CC(O)c2cc3cc(Cl)ccc3o2)c1. The van der Waals surface area contributed by atoms with Crippen molar-refractivity contribution in [1.29, 1.82) is 0 Å². The molecule has 0 aliphatic heterocycles. The lowest BCUT2D eigenvalue weighted by Crippen LogP contribution is -2.00. The van der Waals surface area contributed by atoms with Crippen molar-refractivity contribution in [3.05, 3.63) is 70.4 Å². The van der Waals surface area contributed by atoms with Crippen LogP contribution in [0.25, 0.3) is 11.0 Å². The third-order valence-corrected chi connectivity index (χ3v) is 3.57. The summed E-state index contributed by atoms with van der Waals surface area (Å²) < 4.78 is 5.68. The molecular weight excluding hydrogens is 272 g/mol. The summed E-state index contributed by atoms with van der Waals surface area (Å²) in [5, 5.41) is 11.9. The lowest BCUT2D eigenvalue weighted by Gasteiger charge is -2.08. The minimum Gasteiger partial charge on any atom is -0.458 e. The Morgan fingerprint density at radius 1 is 1.15 bits per heavy atom. The Hall–Kier alpha value is -1.77. The highest BCUT2D eigenvalue weighted by Gasteiger charge is 2.14. The predicted molar refractivity (Wildman–Crippen MR) is 81.1 cm³/mol. The molecule has 0 spiro atoms. The minimum absolute atomic E-state index is 0.537. The normalized spacial score (nSPS) is 12.8. The number of halogens is 1. The van der Waals surface area contributed by atoms with E-state index in [1.165, 1.54) is 5.56 Å². The summed E-state index contributed by atoms with van der Waals surface area (Å²) in [6.45, 7) is 2.04. The molecule has 1 heterocycles. The Bertz CT molecular complexity index is 746. The molecule has 0 fully saturated rings. The number of aliphatic hydroxyl groups excluding tert-OH is 1. The molecule has 2 nitrogen and oxygen atoms in total. The van der Waals surface area contributed by atoms with Crippen LogP contribution in [0.1, 0.15) is 23.0 Å². The van der Waals surface area contributed by atoms with E-state index in [0.29, 0.717) is 17.2 Å². The van der Waals surface area contributed by atoms with Gasteiger partial charge in [0.15, 0.2) is 0 Å². The zero-order chi connectivity index (χ0) is 14.1. The molecule has 0 aliphatic carbocycles. The summed E-state index contributed by atoms with van der Waals surface area (Å²) in [7, 11) is 0. The lowest BCUT2D eigenvalue weighted by atomic mass is 10.0.